The zero-order valence-electron chi connectivity index (χ0n) is 9.06. The van der Waals surface area contributed by atoms with Gasteiger partial charge in [0, 0.05) is 32.7 Å². The van der Waals surface area contributed by atoms with E-state index in [4.69, 9.17) is 5.73 Å². The molecule has 0 aliphatic carbocycles. The van der Waals surface area contributed by atoms with Crippen LogP contribution in [-0.2, 0) is 6.54 Å². The van der Waals surface area contributed by atoms with E-state index in [0.717, 1.165) is 38.4 Å². The molecule has 2 heterocycles. The SMILES string of the molecule is CN1CCN(Cc2ccc(N)nn2)CC1. The van der Waals surface area contributed by atoms with Crippen LogP contribution < -0.4 is 5.73 Å². The molecule has 0 aromatic carbocycles. The number of hydrogen-bond acceptors (Lipinski definition) is 5. The molecule has 1 aromatic heterocycles. The molecule has 5 nitrogen and oxygen atoms in total. The fourth-order valence-electron chi connectivity index (χ4n) is 1.69. The van der Waals surface area contributed by atoms with Crippen LogP contribution in [0.2, 0.25) is 0 Å². The number of nitrogen functional groups attached to an aromatic ring is 1. The van der Waals surface area contributed by atoms with Crippen molar-refractivity contribution in [3.63, 3.8) is 0 Å². The quantitative estimate of drug-likeness (QED) is 0.728. The molecular formula is C10H17N5. The van der Waals surface area contributed by atoms with Crippen molar-refractivity contribution in [1.29, 1.82) is 0 Å². The summed E-state index contributed by atoms with van der Waals surface area (Å²) in [6.45, 7) is 5.33. The Bertz CT molecular complexity index is 302. The van der Waals surface area contributed by atoms with Gasteiger partial charge in [0.2, 0.25) is 0 Å². The Morgan fingerprint density at radius 3 is 2.53 bits per heavy atom. The first-order chi connectivity index (χ1) is 7.24. The molecule has 1 aliphatic heterocycles. The van der Waals surface area contributed by atoms with Crippen molar-refractivity contribution in [2.24, 2.45) is 0 Å². The second kappa shape index (κ2) is 4.55. The van der Waals surface area contributed by atoms with Gasteiger partial charge >= 0.3 is 0 Å². The molecular weight excluding hydrogens is 190 g/mol. The van der Waals surface area contributed by atoms with Gasteiger partial charge in [0.1, 0.15) is 5.82 Å². The van der Waals surface area contributed by atoms with E-state index in [1.54, 1.807) is 6.07 Å². The Kier molecular flexibility index (Phi) is 3.13. The molecule has 0 saturated carbocycles. The monoisotopic (exact) mass is 207 g/mol. The third kappa shape index (κ3) is 2.87. The van der Waals surface area contributed by atoms with E-state index in [1.807, 2.05) is 6.07 Å². The maximum absolute atomic E-state index is 5.48. The second-order valence-corrected chi connectivity index (χ2v) is 4.03. The highest BCUT2D eigenvalue weighted by atomic mass is 15.3. The van der Waals surface area contributed by atoms with Crippen LogP contribution >= 0.6 is 0 Å². The van der Waals surface area contributed by atoms with E-state index < -0.39 is 0 Å². The van der Waals surface area contributed by atoms with E-state index >= 15 is 0 Å². The minimum atomic E-state index is 0.483. The highest BCUT2D eigenvalue weighted by Crippen LogP contribution is 2.05. The number of anilines is 1. The van der Waals surface area contributed by atoms with Crippen molar-refractivity contribution in [2.75, 3.05) is 39.0 Å². The van der Waals surface area contributed by atoms with Gasteiger partial charge in [-0.05, 0) is 19.2 Å². The topological polar surface area (TPSA) is 58.3 Å². The summed E-state index contributed by atoms with van der Waals surface area (Å²) in [6, 6.07) is 3.75. The number of piperazine rings is 1. The van der Waals surface area contributed by atoms with Crippen molar-refractivity contribution in [3.8, 4) is 0 Å². The first-order valence-corrected chi connectivity index (χ1v) is 5.23. The van der Waals surface area contributed by atoms with Crippen molar-refractivity contribution < 1.29 is 0 Å². The predicted molar refractivity (Wildman–Crippen MR) is 59.2 cm³/mol. The third-order valence-corrected chi connectivity index (χ3v) is 2.72. The molecule has 0 radical (unpaired) electrons. The zero-order chi connectivity index (χ0) is 10.7. The van der Waals surface area contributed by atoms with Crippen molar-refractivity contribution in [3.05, 3.63) is 17.8 Å². The molecule has 82 valence electrons. The van der Waals surface area contributed by atoms with Gasteiger partial charge in [-0.3, -0.25) is 4.90 Å². The molecule has 0 unspecified atom stereocenters. The lowest BCUT2D eigenvalue weighted by molar-refractivity contribution is 0.146. The van der Waals surface area contributed by atoms with Crippen LogP contribution in [0.1, 0.15) is 5.69 Å². The predicted octanol–water partition coefficient (Wildman–Crippen LogP) is -0.194. The molecule has 1 aliphatic rings. The molecule has 2 rings (SSSR count). The van der Waals surface area contributed by atoms with Crippen molar-refractivity contribution in [1.82, 2.24) is 20.0 Å². The van der Waals surface area contributed by atoms with Crippen LogP contribution in [0, 0.1) is 0 Å². The van der Waals surface area contributed by atoms with Crippen LogP contribution in [0.5, 0.6) is 0 Å². The van der Waals surface area contributed by atoms with Crippen LogP contribution in [0.15, 0.2) is 12.1 Å². The van der Waals surface area contributed by atoms with E-state index in [1.165, 1.54) is 0 Å². The Morgan fingerprint density at radius 2 is 1.93 bits per heavy atom. The zero-order valence-corrected chi connectivity index (χ0v) is 9.06. The Morgan fingerprint density at radius 1 is 1.20 bits per heavy atom. The fraction of sp³-hybridized carbons (Fsp3) is 0.600. The van der Waals surface area contributed by atoms with Crippen LogP contribution in [0.4, 0.5) is 5.82 Å². The molecule has 1 aromatic rings. The average molecular weight is 207 g/mol. The maximum Gasteiger partial charge on any atom is 0.146 e. The largest absolute Gasteiger partial charge is 0.382 e. The Hall–Kier alpha value is -1.20. The molecule has 2 N–H and O–H groups in total. The van der Waals surface area contributed by atoms with Crippen LogP contribution in [0.3, 0.4) is 0 Å². The van der Waals surface area contributed by atoms with Crippen LogP contribution in [-0.4, -0.2) is 53.2 Å². The van der Waals surface area contributed by atoms with Crippen LogP contribution in [0.25, 0.3) is 0 Å². The van der Waals surface area contributed by atoms with Gasteiger partial charge in [0.25, 0.3) is 0 Å². The lowest BCUT2D eigenvalue weighted by Crippen LogP contribution is -2.44. The number of rotatable bonds is 2. The summed E-state index contributed by atoms with van der Waals surface area (Å²) in [7, 11) is 2.15. The minimum absolute atomic E-state index is 0.483. The fourth-order valence-corrected chi connectivity index (χ4v) is 1.69. The van der Waals surface area contributed by atoms with Crippen molar-refractivity contribution >= 4 is 5.82 Å². The molecule has 0 amide bonds. The Balaban J connectivity index is 1.89. The minimum Gasteiger partial charge on any atom is -0.382 e. The smallest absolute Gasteiger partial charge is 0.146 e. The summed E-state index contributed by atoms with van der Waals surface area (Å²) in [5, 5.41) is 7.91. The summed E-state index contributed by atoms with van der Waals surface area (Å²) in [6.07, 6.45) is 0. The first-order valence-electron chi connectivity index (χ1n) is 5.23. The Labute approximate surface area is 89.9 Å². The van der Waals surface area contributed by atoms with Gasteiger partial charge in [0.05, 0.1) is 5.69 Å². The molecule has 15 heavy (non-hydrogen) atoms. The first kappa shape index (κ1) is 10.3. The maximum atomic E-state index is 5.48. The summed E-state index contributed by atoms with van der Waals surface area (Å²) < 4.78 is 0. The second-order valence-electron chi connectivity index (χ2n) is 4.03. The molecule has 0 atom stereocenters. The van der Waals surface area contributed by atoms with Gasteiger partial charge in [-0.25, -0.2) is 0 Å². The van der Waals surface area contributed by atoms with E-state index in [2.05, 4.69) is 27.0 Å². The lowest BCUT2D eigenvalue weighted by Gasteiger charge is -2.31. The summed E-state index contributed by atoms with van der Waals surface area (Å²) in [5.41, 5.74) is 6.48. The standard InChI is InChI=1S/C10H17N5/c1-14-4-6-15(7-5-14)8-9-2-3-10(11)13-12-9/h2-3H,4-8H2,1H3,(H2,11,13). The van der Waals surface area contributed by atoms with Gasteiger partial charge in [-0.15, -0.1) is 5.10 Å². The molecule has 5 heteroatoms. The number of hydrogen-bond donors (Lipinski definition) is 1. The summed E-state index contributed by atoms with van der Waals surface area (Å²) in [5.74, 6) is 0.483. The lowest BCUT2D eigenvalue weighted by atomic mass is 10.3. The molecule has 0 bridgehead atoms. The van der Waals surface area contributed by atoms with Gasteiger partial charge in [0.15, 0.2) is 0 Å². The molecule has 1 saturated heterocycles. The van der Waals surface area contributed by atoms with E-state index in [-0.39, 0.29) is 0 Å². The van der Waals surface area contributed by atoms with Gasteiger partial charge in [-0.2, -0.15) is 5.10 Å². The van der Waals surface area contributed by atoms with Crippen molar-refractivity contribution in [2.45, 2.75) is 6.54 Å². The van der Waals surface area contributed by atoms with E-state index in [9.17, 15) is 0 Å². The highest BCUT2D eigenvalue weighted by molar-refractivity contribution is 5.25. The van der Waals surface area contributed by atoms with Gasteiger partial charge < -0.3 is 10.6 Å². The number of likely N-dealkylation sites (N-methyl/N-ethyl adjacent to an activating group) is 1. The normalized spacial score (nSPS) is 19.3. The van der Waals surface area contributed by atoms with Gasteiger partial charge in [-0.1, -0.05) is 0 Å². The highest BCUT2D eigenvalue weighted by Gasteiger charge is 2.14. The number of nitrogens with two attached hydrogens (primary N) is 1. The third-order valence-electron chi connectivity index (χ3n) is 2.72. The summed E-state index contributed by atoms with van der Waals surface area (Å²) >= 11 is 0. The number of nitrogens with zero attached hydrogens (tertiary/aromatic N) is 4. The summed E-state index contributed by atoms with van der Waals surface area (Å²) in [4.78, 5) is 4.73. The molecule has 0 spiro atoms. The van der Waals surface area contributed by atoms with E-state index in [0.29, 0.717) is 5.82 Å². The average Bonchev–Trinajstić information content (AvgIpc) is 2.25. The molecule has 1 fully saturated rings. The number of aromatic nitrogens is 2.